The third-order valence-corrected chi connectivity index (χ3v) is 4.36. The van der Waals surface area contributed by atoms with Crippen LogP contribution >= 0.6 is 0 Å². The molecule has 0 radical (unpaired) electrons. The summed E-state index contributed by atoms with van der Waals surface area (Å²) < 4.78 is 16.7. The number of Topliss-reactive ketones (excluding diaryl/α,β-unsaturated/α-hetero) is 1. The first-order chi connectivity index (χ1) is 13.6. The fraction of sp³-hybridized carbons (Fsp3) is 0.364. The van der Waals surface area contributed by atoms with Crippen LogP contribution in [-0.2, 0) is 4.79 Å². The lowest BCUT2D eigenvalue weighted by molar-refractivity contribution is -0.121. The normalized spacial score (nSPS) is 12.8. The van der Waals surface area contributed by atoms with Gasteiger partial charge in [0.05, 0.1) is 19.8 Å². The second kappa shape index (κ2) is 9.78. The molecule has 0 saturated heterocycles. The molecule has 0 saturated carbocycles. The maximum Gasteiger partial charge on any atom is 0.220 e. The summed E-state index contributed by atoms with van der Waals surface area (Å²) in [6, 6.07) is 12.9. The Bertz CT molecular complexity index is 816. The van der Waals surface area contributed by atoms with Gasteiger partial charge in [0.15, 0.2) is 17.3 Å². The number of amides is 1. The van der Waals surface area contributed by atoms with Gasteiger partial charge in [-0.2, -0.15) is 0 Å². The number of carbonyl (C=O) groups is 2. The quantitative estimate of drug-likeness (QED) is 0.559. The fourth-order valence-corrected chi connectivity index (χ4v) is 2.79. The maximum atomic E-state index is 12.4. The van der Waals surface area contributed by atoms with Crippen LogP contribution in [0.4, 0.5) is 0 Å². The average molecular weight is 383 g/mol. The van der Waals surface area contributed by atoms with E-state index in [1.807, 2.05) is 31.2 Å². The van der Waals surface area contributed by atoms with Crippen molar-refractivity contribution in [2.75, 3.05) is 26.4 Å². The molecule has 6 heteroatoms. The molecule has 0 unspecified atom stereocenters. The van der Waals surface area contributed by atoms with Crippen LogP contribution in [0.15, 0.2) is 42.5 Å². The smallest absolute Gasteiger partial charge is 0.220 e. The van der Waals surface area contributed by atoms with E-state index in [4.69, 9.17) is 14.2 Å². The lowest BCUT2D eigenvalue weighted by Crippen LogP contribution is -2.28. The number of aryl methyl sites for hydroxylation is 1. The molecule has 0 bridgehead atoms. The molecule has 1 aliphatic rings. The maximum absolute atomic E-state index is 12.4. The topological polar surface area (TPSA) is 73.9 Å². The number of hydrogen-bond donors (Lipinski definition) is 1. The minimum atomic E-state index is -0.171. The highest BCUT2D eigenvalue weighted by atomic mass is 16.5. The number of benzene rings is 2. The zero-order valence-corrected chi connectivity index (χ0v) is 16.0. The highest BCUT2D eigenvalue weighted by Crippen LogP contribution is 2.30. The molecule has 0 spiro atoms. The molecular weight excluding hydrogens is 358 g/mol. The Morgan fingerprint density at radius 1 is 1.00 bits per heavy atom. The number of carbonyl (C=O) groups excluding carboxylic acids is 2. The molecule has 1 heterocycles. The minimum absolute atomic E-state index is 0.0956. The molecule has 0 fully saturated rings. The van der Waals surface area contributed by atoms with Crippen molar-refractivity contribution in [2.45, 2.75) is 26.2 Å². The first-order valence-corrected chi connectivity index (χ1v) is 9.51. The van der Waals surface area contributed by atoms with Gasteiger partial charge in [-0.3, -0.25) is 9.59 Å². The van der Waals surface area contributed by atoms with Crippen LogP contribution in [-0.4, -0.2) is 38.1 Å². The van der Waals surface area contributed by atoms with Gasteiger partial charge < -0.3 is 19.5 Å². The van der Waals surface area contributed by atoms with Crippen molar-refractivity contribution in [3.63, 3.8) is 0 Å². The van der Waals surface area contributed by atoms with Gasteiger partial charge in [-0.15, -0.1) is 0 Å². The molecule has 0 aliphatic carbocycles. The Morgan fingerprint density at radius 3 is 2.54 bits per heavy atom. The second-order valence-electron chi connectivity index (χ2n) is 6.65. The standard InChI is InChI=1S/C22H25NO5/c1-16-3-6-18(7-4-16)26-14-11-23-22(25)10-8-19(24)17-5-9-20-21(15-17)28-13-2-12-27-20/h3-7,9,15H,2,8,10-14H2,1H3,(H,23,25). The van der Waals surface area contributed by atoms with Gasteiger partial charge in [-0.05, 0) is 37.3 Å². The zero-order chi connectivity index (χ0) is 19.8. The van der Waals surface area contributed by atoms with Crippen molar-refractivity contribution in [2.24, 2.45) is 0 Å². The summed E-state index contributed by atoms with van der Waals surface area (Å²) in [5.41, 5.74) is 1.69. The molecule has 2 aromatic carbocycles. The van der Waals surface area contributed by atoms with E-state index in [0.29, 0.717) is 43.4 Å². The van der Waals surface area contributed by atoms with Gasteiger partial charge in [0, 0.05) is 24.8 Å². The number of nitrogens with one attached hydrogen (secondary N) is 1. The van der Waals surface area contributed by atoms with Crippen LogP contribution in [0.5, 0.6) is 17.2 Å². The summed E-state index contributed by atoms with van der Waals surface area (Å²) >= 11 is 0. The third-order valence-electron chi connectivity index (χ3n) is 4.36. The largest absolute Gasteiger partial charge is 0.492 e. The van der Waals surface area contributed by atoms with Gasteiger partial charge in [-0.1, -0.05) is 17.7 Å². The lowest BCUT2D eigenvalue weighted by Gasteiger charge is -2.09. The lowest BCUT2D eigenvalue weighted by atomic mass is 10.1. The number of fused-ring (bicyclic) bond motifs is 1. The van der Waals surface area contributed by atoms with Crippen molar-refractivity contribution < 1.29 is 23.8 Å². The van der Waals surface area contributed by atoms with Crippen LogP contribution < -0.4 is 19.5 Å². The van der Waals surface area contributed by atoms with E-state index < -0.39 is 0 Å². The Hall–Kier alpha value is -3.02. The first-order valence-electron chi connectivity index (χ1n) is 9.51. The molecule has 28 heavy (non-hydrogen) atoms. The molecule has 1 amide bonds. The summed E-state index contributed by atoms with van der Waals surface area (Å²) in [7, 11) is 0. The van der Waals surface area contributed by atoms with E-state index >= 15 is 0 Å². The van der Waals surface area contributed by atoms with E-state index in [2.05, 4.69) is 5.32 Å². The van der Waals surface area contributed by atoms with Gasteiger partial charge >= 0.3 is 0 Å². The molecule has 6 nitrogen and oxygen atoms in total. The molecule has 1 aliphatic heterocycles. The molecule has 2 aromatic rings. The number of ether oxygens (including phenoxy) is 3. The minimum Gasteiger partial charge on any atom is -0.492 e. The highest BCUT2D eigenvalue weighted by Gasteiger charge is 2.15. The van der Waals surface area contributed by atoms with Crippen LogP contribution in [0.3, 0.4) is 0 Å². The van der Waals surface area contributed by atoms with Crippen LogP contribution in [0.2, 0.25) is 0 Å². The SMILES string of the molecule is Cc1ccc(OCCNC(=O)CCC(=O)c2ccc3c(c2)OCCCO3)cc1. The Morgan fingerprint density at radius 2 is 1.75 bits per heavy atom. The van der Waals surface area contributed by atoms with E-state index in [1.54, 1.807) is 18.2 Å². The highest BCUT2D eigenvalue weighted by molar-refractivity contribution is 5.98. The van der Waals surface area contributed by atoms with E-state index in [1.165, 1.54) is 5.56 Å². The number of ketones is 1. The van der Waals surface area contributed by atoms with Gasteiger partial charge in [0.1, 0.15) is 12.4 Å². The number of hydrogen-bond acceptors (Lipinski definition) is 5. The van der Waals surface area contributed by atoms with E-state index in [0.717, 1.165) is 12.2 Å². The molecule has 3 rings (SSSR count). The summed E-state index contributed by atoms with van der Waals surface area (Å²) in [5.74, 6) is 1.74. The van der Waals surface area contributed by atoms with E-state index in [9.17, 15) is 9.59 Å². The van der Waals surface area contributed by atoms with Gasteiger partial charge in [0.2, 0.25) is 5.91 Å². The average Bonchev–Trinajstić information content (AvgIpc) is 2.95. The predicted molar refractivity (Wildman–Crippen MR) is 105 cm³/mol. The van der Waals surface area contributed by atoms with Crippen LogP contribution in [0, 0.1) is 6.92 Å². The van der Waals surface area contributed by atoms with Crippen molar-refractivity contribution in [3.05, 3.63) is 53.6 Å². The Kier molecular flexibility index (Phi) is 6.89. The van der Waals surface area contributed by atoms with Gasteiger partial charge in [-0.25, -0.2) is 0 Å². The Balaban J connectivity index is 1.38. The van der Waals surface area contributed by atoms with Crippen molar-refractivity contribution >= 4 is 11.7 Å². The van der Waals surface area contributed by atoms with Crippen molar-refractivity contribution in [1.29, 1.82) is 0 Å². The summed E-state index contributed by atoms with van der Waals surface area (Å²) in [6.07, 6.45) is 1.09. The number of rotatable bonds is 8. The van der Waals surface area contributed by atoms with Crippen LogP contribution in [0.1, 0.15) is 35.2 Å². The first kappa shape index (κ1) is 19.7. The summed E-state index contributed by atoms with van der Waals surface area (Å²) in [6.45, 7) is 3.96. The van der Waals surface area contributed by atoms with Crippen molar-refractivity contribution in [3.8, 4) is 17.2 Å². The van der Waals surface area contributed by atoms with Crippen molar-refractivity contribution in [1.82, 2.24) is 5.32 Å². The fourth-order valence-electron chi connectivity index (χ4n) is 2.79. The third kappa shape index (κ3) is 5.74. The zero-order valence-electron chi connectivity index (χ0n) is 16.0. The molecule has 148 valence electrons. The summed E-state index contributed by atoms with van der Waals surface area (Å²) in [4.78, 5) is 24.3. The molecule has 0 aromatic heterocycles. The van der Waals surface area contributed by atoms with Gasteiger partial charge in [0.25, 0.3) is 0 Å². The molecular formula is C22H25NO5. The van der Waals surface area contributed by atoms with Crippen LogP contribution in [0.25, 0.3) is 0 Å². The second-order valence-corrected chi connectivity index (χ2v) is 6.65. The molecule has 1 N–H and O–H groups in total. The summed E-state index contributed by atoms with van der Waals surface area (Å²) in [5, 5.41) is 2.77. The Labute approximate surface area is 164 Å². The predicted octanol–water partition coefficient (Wildman–Crippen LogP) is 3.31. The van der Waals surface area contributed by atoms with E-state index in [-0.39, 0.29) is 24.5 Å². The monoisotopic (exact) mass is 383 g/mol. The molecule has 0 atom stereocenters.